The summed E-state index contributed by atoms with van der Waals surface area (Å²) in [4.78, 5) is 17.7. The summed E-state index contributed by atoms with van der Waals surface area (Å²) in [5.74, 6) is 0.961. The molecule has 4 rings (SSSR count). The van der Waals surface area contributed by atoms with Crippen LogP contribution in [0.15, 0.2) is 6.33 Å². The molecule has 0 atom stereocenters. The summed E-state index contributed by atoms with van der Waals surface area (Å²) in [5.41, 5.74) is 5.43. The van der Waals surface area contributed by atoms with Crippen molar-refractivity contribution >= 4 is 37.6 Å². The fourth-order valence-corrected chi connectivity index (χ4v) is 5.25. The molecule has 0 unspecified atom stereocenters. The van der Waals surface area contributed by atoms with Crippen molar-refractivity contribution in [3.63, 3.8) is 0 Å². The normalized spacial score (nSPS) is 14.2. The summed E-state index contributed by atoms with van der Waals surface area (Å²) in [7, 11) is 4.22. The van der Waals surface area contributed by atoms with Crippen LogP contribution in [-0.2, 0) is 19.3 Å². The highest BCUT2D eigenvalue weighted by Gasteiger charge is 2.22. The molecule has 27 heavy (non-hydrogen) atoms. The lowest BCUT2D eigenvalue weighted by atomic mass is 9.88. The van der Waals surface area contributed by atoms with Gasteiger partial charge in [0.25, 0.3) is 0 Å². The molecule has 5 nitrogen and oxygen atoms in total. The molecule has 0 fully saturated rings. The molecular formula is C21H29N5S. The smallest absolute Gasteiger partial charge is 0.147 e. The molecule has 6 heteroatoms. The minimum absolute atomic E-state index is 0.922. The van der Waals surface area contributed by atoms with Crippen LogP contribution in [0.5, 0.6) is 0 Å². The highest BCUT2D eigenvalue weighted by atomic mass is 32.1. The quantitative estimate of drug-likeness (QED) is 0.612. The van der Waals surface area contributed by atoms with Crippen LogP contribution in [0, 0.1) is 0 Å². The highest BCUT2D eigenvalue weighted by molar-refractivity contribution is 7.26. The first-order chi connectivity index (χ1) is 13.2. The van der Waals surface area contributed by atoms with Crippen LogP contribution in [-0.4, -0.2) is 47.0 Å². The number of pyridine rings is 1. The highest BCUT2D eigenvalue weighted by Crippen LogP contribution is 2.40. The molecule has 0 bridgehead atoms. The van der Waals surface area contributed by atoms with Crippen molar-refractivity contribution in [2.45, 2.75) is 51.9 Å². The van der Waals surface area contributed by atoms with Gasteiger partial charge in [-0.2, -0.15) is 0 Å². The van der Waals surface area contributed by atoms with Crippen molar-refractivity contribution in [1.82, 2.24) is 19.9 Å². The van der Waals surface area contributed by atoms with E-state index in [1.165, 1.54) is 41.5 Å². The van der Waals surface area contributed by atoms with Crippen LogP contribution in [0.4, 0.5) is 5.82 Å². The SMILES string of the molecule is CCCc1nc2sc3c(NCCCN(C)C)ncnc3c2c2c1CCCC2. The third kappa shape index (κ3) is 3.65. The Bertz CT molecular complexity index is 947. The van der Waals surface area contributed by atoms with Crippen molar-refractivity contribution in [1.29, 1.82) is 0 Å². The maximum atomic E-state index is 5.09. The van der Waals surface area contributed by atoms with Crippen LogP contribution in [0.3, 0.4) is 0 Å². The lowest BCUT2D eigenvalue weighted by molar-refractivity contribution is 0.405. The average molecular weight is 384 g/mol. The van der Waals surface area contributed by atoms with E-state index < -0.39 is 0 Å². The molecular weight excluding hydrogens is 354 g/mol. The minimum Gasteiger partial charge on any atom is -0.369 e. The lowest BCUT2D eigenvalue weighted by Crippen LogP contribution is -2.16. The van der Waals surface area contributed by atoms with Gasteiger partial charge >= 0.3 is 0 Å². The van der Waals surface area contributed by atoms with Gasteiger partial charge in [0.2, 0.25) is 0 Å². The number of aryl methyl sites for hydroxylation is 2. The van der Waals surface area contributed by atoms with E-state index in [4.69, 9.17) is 4.98 Å². The summed E-state index contributed by atoms with van der Waals surface area (Å²) in [6, 6.07) is 0. The summed E-state index contributed by atoms with van der Waals surface area (Å²) >= 11 is 1.76. The molecule has 144 valence electrons. The van der Waals surface area contributed by atoms with E-state index >= 15 is 0 Å². The van der Waals surface area contributed by atoms with Gasteiger partial charge in [-0.05, 0) is 70.3 Å². The Balaban J connectivity index is 1.77. The molecule has 1 N–H and O–H groups in total. The predicted octanol–water partition coefficient (Wildman–Crippen LogP) is 4.43. The van der Waals surface area contributed by atoms with Crippen molar-refractivity contribution in [3.05, 3.63) is 23.1 Å². The van der Waals surface area contributed by atoms with E-state index in [-0.39, 0.29) is 0 Å². The van der Waals surface area contributed by atoms with Gasteiger partial charge in [-0.1, -0.05) is 13.3 Å². The zero-order valence-corrected chi connectivity index (χ0v) is 17.5. The molecule has 0 aliphatic heterocycles. The monoisotopic (exact) mass is 383 g/mol. The molecule has 0 saturated heterocycles. The molecule has 0 aromatic carbocycles. The van der Waals surface area contributed by atoms with E-state index in [2.05, 4.69) is 41.2 Å². The van der Waals surface area contributed by atoms with E-state index in [1.54, 1.807) is 17.7 Å². The average Bonchev–Trinajstić information content (AvgIpc) is 3.05. The van der Waals surface area contributed by atoms with Gasteiger partial charge in [-0.15, -0.1) is 11.3 Å². The summed E-state index contributed by atoms with van der Waals surface area (Å²) in [6.45, 7) is 4.24. The van der Waals surface area contributed by atoms with Crippen molar-refractivity contribution < 1.29 is 0 Å². The first kappa shape index (κ1) is 18.6. The zero-order valence-electron chi connectivity index (χ0n) is 16.6. The van der Waals surface area contributed by atoms with Gasteiger partial charge in [0.1, 0.15) is 17.0 Å². The molecule has 1 aliphatic carbocycles. The predicted molar refractivity (Wildman–Crippen MR) is 115 cm³/mol. The number of nitrogens with one attached hydrogen (secondary N) is 1. The number of anilines is 1. The number of nitrogens with zero attached hydrogens (tertiary/aromatic N) is 4. The number of hydrogen-bond acceptors (Lipinski definition) is 6. The largest absolute Gasteiger partial charge is 0.369 e. The van der Waals surface area contributed by atoms with Crippen LogP contribution in [0.2, 0.25) is 0 Å². The molecule has 3 aromatic rings. The summed E-state index contributed by atoms with van der Waals surface area (Å²) in [5, 5.41) is 4.82. The first-order valence-corrected chi connectivity index (χ1v) is 11.0. The topological polar surface area (TPSA) is 53.9 Å². The lowest BCUT2D eigenvalue weighted by Gasteiger charge is -2.19. The van der Waals surface area contributed by atoms with Crippen LogP contribution in [0.1, 0.15) is 49.4 Å². The van der Waals surface area contributed by atoms with Crippen LogP contribution < -0.4 is 5.32 Å². The maximum Gasteiger partial charge on any atom is 0.147 e. The fourth-order valence-electron chi connectivity index (χ4n) is 4.11. The van der Waals surface area contributed by atoms with Gasteiger partial charge in [0.15, 0.2) is 0 Å². The summed E-state index contributed by atoms with van der Waals surface area (Å²) in [6.07, 6.45) is 9.92. The molecule has 0 saturated carbocycles. The maximum absolute atomic E-state index is 5.09. The van der Waals surface area contributed by atoms with E-state index in [0.29, 0.717) is 0 Å². The Morgan fingerprint density at radius 1 is 1.15 bits per heavy atom. The van der Waals surface area contributed by atoms with Gasteiger partial charge in [-0.3, -0.25) is 0 Å². The Kier molecular flexibility index (Phi) is 5.55. The standard InChI is InChI=1S/C21H29N5S/c1-4-8-16-14-9-5-6-10-15(14)17-18-19(27-21(17)25-16)20(24-13-23-18)22-11-7-12-26(2)3/h13H,4-12H2,1-3H3,(H,22,23,24). The van der Waals surface area contributed by atoms with E-state index in [1.807, 2.05) is 0 Å². The van der Waals surface area contributed by atoms with Crippen molar-refractivity contribution in [3.8, 4) is 0 Å². The number of fused-ring (bicyclic) bond motifs is 5. The van der Waals surface area contributed by atoms with Gasteiger partial charge in [0.05, 0.1) is 10.2 Å². The zero-order chi connectivity index (χ0) is 18.8. The molecule has 3 aromatic heterocycles. The number of thiophene rings is 1. The van der Waals surface area contributed by atoms with Crippen LogP contribution >= 0.6 is 11.3 Å². The van der Waals surface area contributed by atoms with Gasteiger partial charge in [0, 0.05) is 17.6 Å². The minimum atomic E-state index is 0.922. The number of hydrogen-bond donors (Lipinski definition) is 1. The molecule has 0 spiro atoms. The molecule has 3 heterocycles. The first-order valence-electron chi connectivity index (χ1n) is 10.2. The van der Waals surface area contributed by atoms with Crippen LogP contribution in [0.25, 0.3) is 20.4 Å². The number of rotatable bonds is 7. The fraction of sp³-hybridized carbons (Fsp3) is 0.571. The Morgan fingerprint density at radius 2 is 1.96 bits per heavy atom. The van der Waals surface area contributed by atoms with E-state index in [9.17, 15) is 0 Å². The summed E-state index contributed by atoms with van der Waals surface area (Å²) < 4.78 is 1.16. The van der Waals surface area contributed by atoms with Gasteiger partial charge in [-0.25, -0.2) is 15.0 Å². The Labute approximate surface area is 165 Å². The second kappa shape index (κ2) is 8.07. The van der Waals surface area contributed by atoms with Crippen molar-refractivity contribution in [2.24, 2.45) is 0 Å². The molecule has 1 aliphatic rings. The third-order valence-corrected chi connectivity index (χ3v) is 6.45. The Morgan fingerprint density at radius 3 is 2.74 bits per heavy atom. The van der Waals surface area contributed by atoms with Crippen molar-refractivity contribution in [2.75, 3.05) is 32.5 Å². The number of aromatic nitrogens is 3. The second-order valence-electron chi connectivity index (χ2n) is 7.74. The molecule has 0 amide bonds. The molecule has 0 radical (unpaired) electrons. The third-order valence-electron chi connectivity index (χ3n) is 5.37. The Hall–Kier alpha value is -1.79. The second-order valence-corrected chi connectivity index (χ2v) is 8.74. The van der Waals surface area contributed by atoms with E-state index in [0.717, 1.165) is 59.6 Å². The van der Waals surface area contributed by atoms with Gasteiger partial charge < -0.3 is 10.2 Å².